The number of para-hydroxylation sites is 1. The molecule has 0 bridgehead atoms. The Morgan fingerprint density at radius 3 is 2.11 bits per heavy atom. The first-order valence-corrected chi connectivity index (χ1v) is 6.26. The minimum absolute atomic E-state index is 0.0814. The number of carbonyl (C=O) groups excluding carboxylic acids is 2. The van der Waals surface area contributed by atoms with Gasteiger partial charge in [0.1, 0.15) is 6.17 Å². The van der Waals surface area contributed by atoms with Crippen molar-refractivity contribution < 1.29 is 9.59 Å². The molecule has 1 N–H and O–H groups in total. The van der Waals surface area contributed by atoms with E-state index in [1.165, 1.54) is 4.90 Å². The summed E-state index contributed by atoms with van der Waals surface area (Å²) >= 11 is 0. The number of anilines is 1. The van der Waals surface area contributed by atoms with E-state index in [1.807, 2.05) is 44.2 Å². The van der Waals surface area contributed by atoms with E-state index < -0.39 is 0 Å². The average molecular weight is 246 g/mol. The van der Waals surface area contributed by atoms with Crippen molar-refractivity contribution in [2.45, 2.75) is 32.9 Å². The van der Waals surface area contributed by atoms with Crippen LogP contribution in [-0.4, -0.2) is 22.9 Å². The fourth-order valence-electron chi connectivity index (χ4n) is 2.14. The highest BCUT2D eigenvalue weighted by atomic mass is 16.2. The number of likely N-dealkylation sites (tertiary alicyclic amines) is 1. The SMILES string of the molecule is CC(C)C(Nc1ccccc1)N1C(=O)CCC1=O. The Morgan fingerprint density at radius 1 is 1.06 bits per heavy atom. The molecule has 1 aromatic rings. The molecule has 1 heterocycles. The lowest BCUT2D eigenvalue weighted by atomic mass is 10.1. The molecule has 18 heavy (non-hydrogen) atoms. The van der Waals surface area contributed by atoms with E-state index in [0.29, 0.717) is 12.8 Å². The summed E-state index contributed by atoms with van der Waals surface area (Å²) in [6.07, 6.45) is 0.395. The van der Waals surface area contributed by atoms with Crippen LogP contribution in [0.5, 0.6) is 0 Å². The minimum Gasteiger partial charge on any atom is -0.365 e. The standard InChI is InChI=1S/C14H18N2O2/c1-10(2)14(15-11-6-4-3-5-7-11)16-12(17)8-9-13(16)18/h3-7,10,14-15H,8-9H2,1-2H3. The molecule has 2 amide bonds. The van der Waals surface area contributed by atoms with Gasteiger partial charge in [-0.2, -0.15) is 0 Å². The number of hydrogen-bond donors (Lipinski definition) is 1. The van der Waals surface area contributed by atoms with Gasteiger partial charge in [0.25, 0.3) is 0 Å². The van der Waals surface area contributed by atoms with Crippen LogP contribution in [0.2, 0.25) is 0 Å². The molecule has 1 atom stereocenters. The second kappa shape index (κ2) is 5.21. The summed E-state index contributed by atoms with van der Waals surface area (Å²) in [5, 5.41) is 3.27. The van der Waals surface area contributed by atoms with Crippen molar-refractivity contribution >= 4 is 17.5 Å². The van der Waals surface area contributed by atoms with Gasteiger partial charge in [0.05, 0.1) is 0 Å². The number of benzene rings is 1. The molecule has 96 valence electrons. The zero-order chi connectivity index (χ0) is 13.1. The second-order valence-corrected chi connectivity index (χ2v) is 4.86. The summed E-state index contributed by atoms with van der Waals surface area (Å²) in [6.45, 7) is 4.00. The predicted molar refractivity (Wildman–Crippen MR) is 69.8 cm³/mol. The lowest BCUT2D eigenvalue weighted by Crippen LogP contribution is -2.47. The van der Waals surface area contributed by atoms with Gasteiger partial charge in [-0.1, -0.05) is 32.0 Å². The van der Waals surface area contributed by atoms with Crippen LogP contribution in [0.1, 0.15) is 26.7 Å². The molecule has 2 rings (SSSR count). The summed E-state index contributed by atoms with van der Waals surface area (Å²) in [6, 6.07) is 9.64. The van der Waals surface area contributed by atoms with Gasteiger partial charge in [-0.25, -0.2) is 0 Å². The first kappa shape index (κ1) is 12.6. The quantitative estimate of drug-likeness (QED) is 0.829. The normalized spacial score (nSPS) is 17.4. The fraction of sp³-hybridized carbons (Fsp3) is 0.429. The number of nitrogens with zero attached hydrogens (tertiary/aromatic N) is 1. The molecule has 4 heteroatoms. The smallest absolute Gasteiger partial charge is 0.231 e. The third kappa shape index (κ3) is 2.53. The molecular formula is C14H18N2O2. The van der Waals surface area contributed by atoms with Gasteiger partial charge in [0.2, 0.25) is 11.8 Å². The molecule has 4 nitrogen and oxygen atoms in total. The van der Waals surface area contributed by atoms with Gasteiger partial charge in [-0.05, 0) is 18.1 Å². The van der Waals surface area contributed by atoms with Crippen LogP contribution >= 0.6 is 0 Å². The largest absolute Gasteiger partial charge is 0.365 e. The van der Waals surface area contributed by atoms with Gasteiger partial charge in [0.15, 0.2) is 0 Å². The summed E-state index contributed by atoms with van der Waals surface area (Å²) in [7, 11) is 0. The number of nitrogens with one attached hydrogen (secondary N) is 1. The fourth-order valence-corrected chi connectivity index (χ4v) is 2.14. The Morgan fingerprint density at radius 2 is 1.61 bits per heavy atom. The molecule has 1 saturated heterocycles. The second-order valence-electron chi connectivity index (χ2n) is 4.86. The van der Waals surface area contributed by atoms with Crippen LogP contribution in [0.25, 0.3) is 0 Å². The van der Waals surface area contributed by atoms with E-state index in [9.17, 15) is 9.59 Å². The molecule has 0 spiro atoms. The average Bonchev–Trinajstić information content (AvgIpc) is 2.67. The molecule has 0 aromatic heterocycles. The molecular weight excluding hydrogens is 228 g/mol. The predicted octanol–water partition coefficient (Wildman–Crippen LogP) is 2.23. The van der Waals surface area contributed by atoms with Crippen LogP contribution in [0.3, 0.4) is 0 Å². The number of imide groups is 1. The first-order valence-electron chi connectivity index (χ1n) is 6.26. The van der Waals surface area contributed by atoms with E-state index in [0.717, 1.165) is 5.69 Å². The van der Waals surface area contributed by atoms with Gasteiger partial charge in [-0.3, -0.25) is 14.5 Å². The zero-order valence-electron chi connectivity index (χ0n) is 10.7. The topological polar surface area (TPSA) is 49.4 Å². The Labute approximate surface area is 107 Å². The van der Waals surface area contributed by atoms with Crippen molar-refractivity contribution in [3.8, 4) is 0 Å². The van der Waals surface area contributed by atoms with Crippen LogP contribution in [0.4, 0.5) is 5.69 Å². The van der Waals surface area contributed by atoms with Crippen molar-refractivity contribution in [1.29, 1.82) is 0 Å². The maximum Gasteiger partial charge on any atom is 0.231 e. The Balaban J connectivity index is 2.19. The van der Waals surface area contributed by atoms with Crippen LogP contribution < -0.4 is 5.32 Å². The Hall–Kier alpha value is -1.84. The first-order chi connectivity index (χ1) is 8.59. The van der Waals surface area contributed by atoms with Crippen LogP contribution in [0.15, 0.2) is 30.3 Å². The summed E-state index contributed by atoms with van der Waals surface area (Å²) in [5.41, 5.74) is 0.920. The van der Waals surface area contributed by atoms with Crippen molar-refractivity contribution in [3.05, 3.63) is 30.3 Å². The molecule has 0 aliphatic carbocycles. The molecule has 1 aliphatic heterocycles. The van der Waals surface area contributed by atoms with E-state index in [4.69, 9.17) is 0 Å². The maximum atomic E-state index is 11.8. The van der Waals surface area contributed by atoms with Crippen molar-refractivity contribution in [2.24, 2.45) is 5.92 Å². The molecule has 1 unspecified atom stereocenters. The zero-order valence-corrected chi connectivity index (χ0v) is 10.7. The highest BCUT2D eigenvalue weighted by Gasteiger charge is 2.36. The highest BCUT2D eigenvalue weighted by molar-refractivity contribution is 6.02. The third-order valence-corrected chi connectivity index (χ3v) is 3.09. The van der Waals surface area contributed by atoms with E-state index in [2.05, 4.69) is 5.32 Å². The van der Waals surface area contributed by atoms with Crippen molar-refractivity contribution in [1.82, 2.24) is 4.90 Å². The molecule has 0 radical (unpaired) electrons. The van der Waals surface area contributed by atoms with E-state index >= 15 is 0 Å². The molecule has 1 aromatic carbocycles. The van der Waals surface area contributed by atoms with Crippen molar-refractivity contribution in [3.63, 3.8) is 0 Å². The molecule has 1 aliphatic rings. The molecule has 1 fully saturated rings. The number of rotatable bonds is 4. The number of amides is 2. The van der Waals surface area contributed by atoms with Gasteiger partial charge >= 0.3 is 0 Å². The lowest BCUT2D eigenvalue weighted by molar-refractivity contribution is -0.141. The van der Waals surface area contributed by atoms with E-state index in [1.54, 1.807) is 0 Å². The van der Waals surface area contributed by atoms with E-state index in [-0.39, 0.29) is 23.9 Å². The van der Waals surface area contributed by atoms with Gasteiger partial charge < -0.3 is 5.32 Å². The van der Waals surface area contributed by atoms with Gasteiger partial charge in [-0.15, -0.1) is 0 Å². The third-order valence-electron chi connectivity index (χ3n) is 3.09. The summed E-state index contributed by atoms with van der Waals surface area (Å²) in [4.78, 5) is 24.9. The lowest BCUT2D eigenvalue weighted by Gasteiger charge is -2.31. The maximum absolute atomic E-state index is 11.8. The molecule has 0 saturated carbocycles. The Bertz CT molecular complexity index is 426. The monoisotopic (exact) mass is 246 g/mol. The minimum atomic E-state index is -0.269. The summed E-state index contributed by atoms with van der Waals surface area (Å²) < 4.78 is 0. The van der Waals surface area contributed by atoms with Gasteiger partial charge in [0, 0.05) is 18.5 Å². The summed E-state index contributed by atoms with van der Waals surface area (Å²) in [5.74, 6) is 0.000434. The highest BCUT2D eigenvalue weighted by Crippen LogP contribution is 2.22. The number of carbonyl (C=O) groups is 2. The van der Waals surface area contributed by atoms with Crippen molar-refractivity contribution in [2.75, 3.05) is 5.32 Å². The van der Waals surface area contributed by atoms with Crippen LogP contribution in [0, 0.1) is 5.92 Å². The van der Waals surface area contributed by atoms with Crippen LogP contribution in [-0.2, 0) is 9.59 Å². The Kier molecular flexibility index (Phi) is 3.65. The number of hydrogen-bond acceptors (Lipinski definition) is 3.